The number of halogens is 4. The fraction of sp³-hybridized carbons (Fsp3) is 0.238. The lowest BCUT2D eigenvalue weighted by Crippen LogP contribution is -2.16. The minimum atomic E-state index is -4.65. The highest BCUT2D eigenvalue weighted by atomic mass is 35.5. The van der Waals surface area contributed by atoms with Crippen molar-refractivity contribution < 1.29 is 27.2 Å². The average molecular weight is 439 g/mol. The van der Waals surface area contributed by atoms with E-state index in [-0.39, 0.29) is 18.0 Å². The van der Waals surface area contributed by atoms with Crippen LogP contribution in [0.1, 0.15) is 38.5 Å². The van der Waals surface area contributed by atoms with Crippen molar-refractivity contribution >= 4 is 23.2 Å². The number of anilines is 1. The first-order valence-electron chi connectivity index (χ1n) is 8.90. The largest absolute Gasteiger partial charge is 0.488 e. The molecule has 0 saturated carbocycles. The first-order chi connectivity index (χ1) is 14.1. The van der Waals surface area contributed by atoms with E-state index in [1.807, 2.05) is 32.0 Å². The van der Waals surface area contributed by atoms with Crippen molar-refractivity contribution in [2.45, 2.75) is 33.6 Å². The maximum absolute atomic E-state index is 13.0. The molecule has 1 N–H and O–H groups in total. The fourth-order valence-corrected chi connectivity index (χ4v) is 3.15. The van der Waals surface area contributed by atoms with Crippen molar-refractivity contribution in [2.75, 3.05) is 5.32 Å². The van der Waals surface area contributed by atoms with Gasteiger partial charge in [0.15, 0.2) is 5.69 Å². The van der Waals surface area contributed by atoms with Crippen LogP contribution in [-0.4, -0.2) is 11.1 Å². The number of amides is 1. The topological polar surface area (TPSA) is 64.4 Å². The van der Waals surface area contributed by atoms with Crippen LogP contribution in [0.15, 0.2) is 40.9 Å². The molecule has 0 fully saturated rings. The highest BCUT2D eigenvalue weighted by Crippen LogP contribution is 2.36. The molecule has 1 amide bonds. The summed E-state index contributed by atoms with van der Waals surface area (Å²) in [5, 5.41) is 5.68. The zero-order valence-electron chi connectivity index (χ0n) is 16.4. The second kappa shape index (κ2) is 8.39. The summed E-state index contributed by atoms with van der Waals surface area (Å²) in [5.74, 6) is 0.331. The Morgan fingerprint density at radius 1 is 1.17 bits per heavy atom. The number of aryl methyl sites for hydroxylation is 3. The number of hydrogen-bond acceptors (Lipinski definition) is 4. The van der Waals surface area contributed by atoms with Crippen molar-refractivity contribution in [1.82, 2.24) is 5.16 Å². The summed E-state index contributed by atoms with van der Waals surface area (Å²) in [5.41, 5.74) is 1.07. The number of aromatic nitrogens is 1. The van der Waals surface area contributed by atoms with E-state index < -0.39 is 22.7 Å². The molecule has 0 spiro atoms. The Balaban J connectivity index is 1.82. The molecule has 0 radical (unpaired) electrons. The molecule has 0 aliphatic rings. The Morgan fingerprint density at radius 2 is 1.83 bits per heavy atom. The molecule has 0 atom stereocenters. The molecule has 0 saturated heterocycles. The van der Waals surface area contributed by atoms with Crippen LogP contribution in [0.5, 0.6) is 5.75 Å². The van der Waals surface area contributed by atoms with Crippen LogP contribution in [0.25, 0.3) is 0 Å². The Kier molecular flexibility index (Phi) is 6.07. The van der Waals surface area contributed by atoms with Crippen molar-refractivity contribution in [3.63, 3.8) is 0 Å². The number of carbonyl (C=O) groups is 1. The summed E-state index contributed by atoms with van der Waals surface area (Å²) >= 11 is 5.61. The number of nitrogens with one attached hydrogen (secondary N) is 1. The second-order valence-corrected chi connectivity index (χ2v) is 7.13. The lowest BCUT2D eigenvalue weighted by atomic mass is 10.1. The Morgan fingerprint density at radius 3 is 2.47 bits per heavy atom. The van der Waals surface area contributed by atoms with Crippen molar-refractivity contribution in [3.05, 3.63) is 75.1 Å². The lowest BCUT2D eigenvalue weighted by molar-refractivity contribution is -0.137. The molecule has 1 aromatic heterocycles. The number of rotatable bonds is 5. The van der Waals surface area contributed by atoms with Gasteiger partial charge in [0.1, 0.15) is 18.1 Å². The maximum atomic E-state index is 13.0. The molecule has 3 rings (SSSR count). The van der Waals surface area contributed by atoms with Gasteiger partial charge in [0.2, 0.25) is 0 Å². The summed E-state index contributed by atoms with van der Waals surface area (Å²) in [6.07, 6.45) is -4.65. The van der Waals surface area contributed by atoms with E-state index in [4.69, 9.17) is 20.9 Å². The van der Waals surface area contributed by atoms with E-state index in [1.165, 1.54) is 6.07 Å². The second-order valence-electron chi connectivity index (χ2n) is 6.72. The standard InChI is InChI=1S/C21H18ClF3N2O3/c1-11-5-4-6-12(2)19(11)29-10-15-13(3)30-27-18(15)20(28)26-14-7-8-17(22)16(9-14)21(23,24)25/h4-9H,10H2,1-3H3,(H,26,28). The monoisotopic (exact) mass is 438 g/mol. The summed E-state index contributed by atoms with van der Waals surface area (Å²) in [6.45, 7) is 5.43. The van der Waals surface area contributed by atoms with Gasteiger partial charge in [-0.1, -0.05) is 35.0 Å². The molecule has 30 heavy (non-hydrogen) atoms. The third-order valence-electron chi connectivity index (χ3n) is 4.50. The van der Waals surface area contributed by atoms with Crippen molar-refractivity contribution in [3.8, 4) is 5.75 Å². The molecule has 2 aromatic carbocycles. The Hall–Kier alpha value is -3.00. The molecule has 5 nitrogen and oxygen atoms in total. The van der Waals surface area contributed by atoms with Gasteiger partial charge in [-0.15, -0.1) is 0 Å². The zero-order chi connectivity index (χ0) is 22.1. The molecular formula is C21H18ClF3N2O3. The predicted molar refractivity (Wildman–Crippen MR) is 106 cm³/mol. The number of alkyl halides is 3. The van der Waals surface area contributed by atoms with Crippen LogP contribution in [0.4, 0.5) is 18.9 Å². The number of carbonyl (C=O) groups excluding carboxylic acids is 1. The molecule has 0 aliphatic heterocycles. The molecular weight excluding hydrogens is 421 g/mol. The van der Waals surface area contributed by atoms with Gasteiger partial charge in [-0.2, -0.15) is 13.2 Å². The van der Waals surface area contributed by atoms with E-state index in [0.717, 1.165) is 23.3 Å². The van der Waals surface area contributed by atoms with Gasteiger partial charge >= 0.3 is 6.18 Å². The highest BCUT2D eigenvalue weighted by molar-refractivity contribution is 6.31. The van der Waals surface area contributed by atoms with Crippen LogP contribution < -0.4 is 10.1 Å². The van der Waals surface area contributed by atoms with E-state index in [1.54, 1.807) is 6.92 Å². The zero-order valence-corrected chi connectivity index (χ0v) is 17.1. The summed E-state index contributed by atoms with van der Waals surface area (Å²) < 4.78 is 50.1. The summed E-state index contributed by atoms with van der Waals surface area (Å²) in [6, 6.07) is 8.81. The fourth-order valence-electron chi connectivity index (χ4n) is 2.92. The molecule has 158 valence electrons. The van der Waals surface area contributed by atoms with Gasteiger partial charge in [0.25, 0.3) is 5.91 Å². The predicted octanol–water partition coefficient (Wildman–Crippen LogP) is 6.10. The lowest BCUT2D eigenvalue weighted by Gasteiger charge is -2.13. The SMILES string of the molecule is Cc1cccc(C)c1OCc1c(C(=O)Nc2ccc(Cl)c(C(F)(F)F)c2)noc1C. The van der Waals surface area contributed by atoms with Gasteiger partial charge in [0, 0.05) is 5.69 Å². The summed E-state index contributed by atoms with van der Waals surface area (Å²) in [4.78, 5) is 12.6. The molecule has 0 bridgehead atoms. The van der Waals surface area contributed by atoms with E-state index in [2.05, 4.69) is 10.5 Å². The molecule has 0 aliphatic carbocycles. The number of nitrogens with zero attached hydrogens (tertiary/aromatic N) is 1. The minimum Gasteiger partial charge on any atom is -0.488 e. The average Bonchev–Trinajstić information content (AvgIpc) is 3.03. The summed E-state index contributed by atoms with van der Waals surface area (Å²) in [7, 11) is 0. The number of hydrogen-bond donors (Lipinski definition) is 1. The minimum absolute atomic E-state index is 0.0121. The van der Waals surface area contributed by atoms with Crippen LogP contribution in [0, 0.1) is 20.8 Å². The Bertz CT molecular complexity index is 1070. The van der Waals surface area contributed by atoms with E-state index >= 15 is 0 Å². The van der Waals surface area contributed by atoms with E-state index in [9.17, 15) is 18.0 Å². The number of ether oxygens (including phenoxy) is 1. The molecule has 0 unspecified atom stereocenters. The number of para-hydroxylation sites is 1. The van der Waals surface area contributed by atoms with Gasteiger partial charge in [0.05, 0.1) is 16.1 Å². The van der Waals surface area contributed by atoms with Gasteiger partial charge in [-0.25, -0.2) is 0 Å². The molecule has 9 heteroatoms. The smallest absolute Gasteiger partial charge is 0.417 e. The third-order valence-corrected chi connectivity index (χ3v) is 4.83. The number of benzene rings is 2. The maximum Gasteiger partial charge on any atom is 0.417 e. The normalized spacial score (nSPS) is 11.4. The van der Waals surface area contributed by atoms with Crippen LogP contribution >= 0.6 is 11.6 Å². The van der Waals surface area contributed by atoms with Crippen LogP contribution in [0.2, 0.25) is 5.02 Å². The first-order valence-corrected chi connectivity index (χ1v) is 9.28. The Labute approximate surface area is 175 Å². The molecule has 1 heterocycles. The van der Waals surface area contributed by atoms with Crippen molar-refractivity contribution in [2.24, 2.45) is 0 Å². The molecule has 3 aromatic rings. The van der Waals surface area contributed by atoms with Crippen molar-refractivity contribution in [1.29, 1.82) is 0 Å². The first kappa shape index (κ1) is 21.7. The van der Waals surface area contributed by atoms with Gasteiger partial charge < -0.3 is 14.6 Å². The van der Waals surface area contributed by atoms with Crippen LogP contribution in [-0.2, 0) is 12.8 Å². The van der Waals surface area contributed by atoms with Crippen LogP contribution in [0.3, 0.4) is 0 Å². The van der Waals surface area contributed by atoms with E-state index in [0.29, 0.717) is 17.1 Å². The third kappa shape index (κ3) is 4.59. The highest BCUT2D eigenvalue weighted by Gasteiger charge is 2.33. The van der Waals surface area contributed by atoms with Gasteiger partial charge in [-0.3, -0.25) is 4.79 Å². The van der Waals surface area contributed by atoms with Gasteiger partial charge in [-0.05, 0) is 50.1 Å². The quantitative estimate of drug-likeness (QED) is 0.522.